The first-order valence-corrected chi connectivity index (χ1v) is 7.35. The van der Waals surface area contributed by atoms with Gasteiger partial charge in [0.05, 0.1) is 5.69 Å². The second-order valence-corrected chi connectivity index (χ2v) is 5.73. The summed E-state index contributed by atoms with van der Waals surface area (Å²) in [6, 6.07) is 9.53. The molecule has 0 spiro atoms. The molecule has 1 aromatic heterocycles. The van der Waals surface area contributed by atoms with E-state index in [0.29, 0.717) is 22.9 Å². The van der Waals surface area contributed by atoms with Crippen molar-refractivity contribution in [1.82, 2.24) is 9.88 Å². The maximum absolute atomic E-state index is 12.2. The Morgan fingerprint density at radius 2 is 2.14 bits per heavy atom. The number of nitrogens with one attached hydrogen (secondary N) is 1. The zero-order valence-electron chi connectivity index (χ0n) is 12.3. The number of hydrogen-bond acceptors (Lipinski definition) is 2. The lowest BCUT2D eigenvalue weighted by Crippen LogP contribution is -2.28. The fourth-order valence-corrected chi connectivity index (χ4v) is 2.43. The van der Waals surface area contributed by atoms with Crippen LogP contribution in [-0.4, -0.2) is 17.0 Å². The van der Waals surface area contributed by atoms with E-state index >= 15 is 0 Å². The molecule has 4 nitrogen and oxygen atoms in total. The van der Waals surface area contributed by atoms with E-state index in [1.807, 2.05) is 42.7 Å². The lowest BCUT2D eigenvalue weighted by molar-refractivity contribution is 0.0943. The van der Waals surface area contributed by atoms with Crippen LogP contribution >= 0.6 is 11.6 Å². The molecule has 0 aliphatic rings. The first-order valence-electron chi connectivity index (χ1n) is 6.97. The van der Waals surface area contributed by atoms with Gasteiger partial charge in [-0.25, -0.2) is 0 Å². The molecule has 2 aromatic rings. The van der Waals surface area contributed by atoms with Crippen molar-refractivity contribution in [2.45, 2.75) is 26.3 Å². The summed E-state index contributed by atoms with van der Waals surface area (Å²) < 4.78 is 1.88. The van der Waals surface area contributed by atoms with Gasteiger partial charge in [0.2, 0.25) is 0 Å². The van der Waals surface area contributed by atoms with Gasteiger partial charge in [0.15, 0.2) is 0 Å². The minimum absolute atomic E-state index is 0.109. The third kappa shape index (κ3) is 4.02. The van der Waals surface area contributed by atoms with Gasteiger partial charge in [-0.05, 0) is 44.0 Å². The lowest BCUT2D eigenvalue weighted by atomic mass is 10.1. The Morgan fingerprint density at radius 1 is 1.38 bits per heavy atom. The van der Waals surface area contributed by atoms with Crippen molar-refractivity contribution in [1.29, 1.82) is 0 Å². The van der Waals surface area contributed by atoms with Crippen molar-refractivity contribution < 1.29 is 4.79 Å². The Morgan fingerprint density at radius 3 is 2.81 bits per heavy atom. The first kappa shape index (κ1) is 15.4. The van der Waals surface area contributed by atoms with E-state index in [-0.39, 0.29) is 11.9 Å². The molecule has 1 amide bonds. The summed E-state index contributed by atoms with van der Waals surface area (Å²) in [6.07, 6.45) is 2.53. The van der Waals surface area contributed by atoms with Gasteiger partial charge in [0, 0.05) is 23.8 Å². The monoisotopic (exact) mass is 305 g/mol. The van der Waals surface area contributed by atoms with Crippen molar-refractivity contribution in [2.24, 2.45) is 0 Å². The number of benzene rings is 1. The molecular formula is C16H20ClN3O. The number of halogens is 1. The number of carbonyl (C=O) groups is 1. The van der Waals surface area contributed by atoms with E-state index in [1.165, 1.54) is 0 Å². The van der Waals surface area contributed by atoms with Crippen molar-refractivity contribution in [2.75, 3.05) is 12.3 Å². The third-order valence-corrected chi connectivity index (χ3v) is 3.48. The molecule has 0 fully saturated rings. The largest absolute Gasteiger partial charge is 0.397 e. The zero-order valence-corrected chi connectivity index (χ0v) is 13.0. The fraction of sp³-hybridized carbons (Fsp3) is 0.312. The van der Waals surface area contributed by atoms with Gasteiger partial charge in [0.1, 0.15) is 5.69 Å². The van der Waals surface area contributed by atoms with Crippen LogP contribution in [0.2, 0.25) is 5.02 Å². The number of nitrogen functional groups attached to an aromatic ring is 1. The summed E-state index contributed by atoms with van der Waals surface area (Å²) in [6.45, 7) is 4.59. The van der Waals surface area contributed by atoms with Crippen molar-refractivity contribution in [3.8, 4) is 0 Å². The quantitative estimate of drug-likeness (QED) is 0.890. The molecule has 0 aliphatic heterocycles. The first-order chi connectivity index (χ1) is 9.97. The molecule has 1 heterocycles. The highest BCUT2D eigenvalue weighted by Crippen LogP contribution is 2.16. The van der Waals surface area contributed by atoms with E-state index in [1.54, 1.807) is 12.3 Å². The highest BCUT2D eigenvalue weighted by atomic mass is 35.5. The molecule has 112 valence electrons. The molecule has 2 rings (SSSR count). The minimum atomic E-state index is -0.109. The van der Waals surface area contributed by atoms with Crippen LogP contribution in [0.25, 0.3) is 0 Å². The summed E-state index contributed by atoms with van der Waals surface area (Å²) in [7, 11) is 0. The third-order valence-electron chi connectivity index (χ3n) is 3.25. The van der Waals surface area contributed by atoms with Crippen LogP contribution in [0, 0.1) is 0 Å². The van der Waals surface area contributed by atoms with Gasteiger partial charge in [-0.15, -0.1) is 0 Å². The smallest absolute Gasteiger partial charge is 0.268 e. The number of carbonyl (C=O) groups excluding carboxylic acids is 1. The SMILES string of the molecule is CC(C)n1cc(N)cc1C(=O)NCCc1cccc(Cl)c1. The van der Waals surface area contributed by atoms with Gasteiger partial charge in [-0.3, -0.25) is 4.79 Å². The van der Waals surface area contributed by atoms with Gasteiger partial charge in [-0.1, -0.05) is 23.7 Å². The maximum Gasteiger partial charge on any atom is 0.268 e. The number of rotatable bonds is 5. The van der Waals surface area contributed by atoms with Crippen molar-refractivity contribution in [3.63, 3.8) is 0 Å². The average Bonchev–Trinajstić information content (AvgIpc) is 2.81. The molecule has 0 atom stereocenters. The summed E-state index contributed by atoms with van der Waals surface area (Å²) in [5, 5.41) is 3.63. The Bertz CT molecular complexity index is 634. The van der Waals surface area contributed by atoms with E-state index in [2.05, 4.69) is 5.32 Å². The maximum atomic E-state index is 12.2. The number of aromatic nitrogens is 1. The van der Waals surface area contributed by atoms with Crippen LogP contribution in [0.3, 0.4) is 0 Å². The number of amides is 1. The molecule has 1 aromatic carbocycles. The molecule has 0 aliphatic carbocycles. The summed E-state index contributed by atoms with van der Waals surface area (Å²) in [5.74, 6) is -0.109. The molecule has 5 heteroatoms. The molecule has 21 heavy (non-hydrogen) atoms. The predicted octanol–water partition coefficient (Wildman–Crippen LogP) is 3.28. The van der Waals surface area contributed by atoms with Crippen LogP contribution in [0.4, 0.5) is 5.69 Å². The summed E-state index contributed by atoms with van der Waals surface area (Å²) >= 11 is 5.94. The number of anilines is 1. The van der Waals surface area contributed by atoms with Crippen LogP contribution in [0.1, 0.15) is 35.9 Å². The molecular weight excluding hydrogens is 286 g/mol. The molecule has 0 bridgehead atoms. The Hall–Kier alpha value is -1.94. The Balaban J connectivity index is 1.96. The predicted molar refractivity (Wildman–Crippen MR) is 86.7 cm³/mol. The average molecular weight is 306 g/mol. The Labute approximate surface area is 129 Å². The van der Waals surface area contributed by atoms with E-state index in [4.69, 9.17) is 17.3 Å². The molecule has 3 N–H and O–H groups in total. The van der Waals surface area contributed by atoms with Gasteiger partial charge in [-0.2, -0.15) is 0 Å². The molecule has 0 unspecified atom stereocenters. The number of nitrogens with two attached hydrogens (primary N) is 1. The van der Waals surface area contributed by atoms with Gasteiger partial charge >= 0.3 is 0 Å². The van der Waals surface area contributed by atoms with Crippen LogP contribution in [0.15, 0.2) is 36.5 Å². The highest BCUT2D eigenvalue weighted by Gasteiger charge is 2.14. The summed E-state index contributed by atoms with van der Waals surface area (Å²) in [4.78, 5) is 12.2. The summed E-state index contributed by atoms with van der Waals surface area (Å²) in [5.41, 5.74) is 8.07. The molecule has 0 radical (unpaired) electrons. The second kappa shape index (κ2) is 6.68. The minimum Gasteiger partial charge on any atom is -0.397 e. The topological polar surface area (TPSA) is 60.0 Å². The second-order valence-electron chi connectivity index (χ2n) is 5.30. The van der Waals surface area contributed by atoms with Crippen LogP contribution < -0.4 is 11.1 Å². The zero-order chi connectivity index (χ0) is 15.4. The van der Waals surface area contributed by atoms with E-state index in [0.717, 1.165) is 12.0 Å². The van der Waals surface area contributed by atoms with Crippen molar-refractivity contribution in [3.05, 3.63) is 52.8 Å². The highest BCUT2D eigenvalue weighted by molar-refractivity contribution is 6.30. The molecule has 0 saturated carbocycles. The van der Waals surface area contributed by atoms with E-state index < -0.39 is 0 Å². The molecule has 0 saturated heterocycles. The van der Waals surface area contributed by atoms with Crippen LogP contribution in [-0.2, 0) is 6.42 Å². The van der Waals surface area contributed by atoms with E-state index in [9.17, 15) is 4.79 Å². The van der Waals surface area contributed by atoms with Gasteiger partial charge < -0.3 is 15.6 Å². The van der Waals surface area contributed by atoms with Gasteiger partial charge in [0.25, 0.3) is 5.91 Å². The number of hydrogen-bond donors (Lipinski definition) is 2. The lowest BCUT2D eigenvalue weighted by Gasteiger charge is -2.12. The van der Waals surface area contributed by atoms with Crippen molar-refractivity contribution >= 4 is 23.2 Å². The van der Waals surface area contributed by atoms with Crippen LogP contribution in [0.5, 0.6) is 0 Å². The Kier molecular flexibility index (Phi) is 4.91. The standard InChI is InChI=1S/C16H20ClN3O/c1-11(2)20-10-14(18)9-15(20)16(21)19-7-6-12-4-3-5-13(17)8-12/h3-5,8-11H,6-7,18H2,1-2H3,(H,19,21). The number of nitrogens with zero attached hydrogens (tertiary/aromatic N) is 1. The normalized spacial score (nSPS) is 10.9. The fourth-order valence-electron chi connectivity index (χ4n) is 2.21.